The number of carbonyl (C=O) groups excluding carboxylic acids is 1. The number of ether oxygens (including phenoxy) is 3. The van der Waals surface area contributed by atoms with E-state index in [1.54, 1.807) is 10.8 Å². The molecule has 3 rings (SSSR count). The Hall–Kier alpha value is -2.13. The summed E-state index contributed by atoms with van der Waals surface area (Å²) in [6.45, 7) is 5.22. The van der Waals surface area contributed by atoms with Crippen LogP contribution in [0.25, 0.3) is 11.0 Å². The first-order valence-corrected chi connectivity index (χ1v) is 11.0. The normalized spacial score (nSPS) is 21.0. The maximum atomic E-state index is 13.1. The van der Waals surface area contributed by atoms with Crippen molar-refractivity contribution in [2.75, 3.05) is 13.2 Å². The number of fused-ring (bicyclic) bond motifs is 1. The highest BCUT2D eigenvalue weighted by atomic mass is 35.5. The summed E-state index contributed by atoms with van der Waals surface area (Å²) < 4.78 is 32.3. The van der Waals surface area contributed by atoms with Crippen LogP contribution >= 0.6 is 11.6 Å². The zero-order valence-corrected chi connectivity index (χ0v) is 19.1. The molecule has 0 spiro atoms. The lowest BCUT2D eigenvalue weighted by molar-refractivity contribution is -0.120. The van der Waals surface area contributed by atoms with Gasteiger partial charge in [0.25, 0.3) is 6.01 Å². The standard InChI is InChI=1S/C21H30ClFN4O4/c1-12(23)10-30-20-18(22)19-17(9-24-20)26-21(27(19)4)31-16-7-5-15(6-8-16)29-11-13(2)25-14(3)28/h9,12-13,15-16H,5-8,10-11H2,1-4H3,(H,25,28)/t12-,13+,15-,16-/m1/s1. The summed E-state index contributed by atoms with van der Waals surface area (Å²) in [7, 11) is 1.82. The lowest BCUT2D eigenvalue weighted by Crippen LogP contribution is -2.37. The van der Waals surface area contributed by atoms with Crippen molar-refractivity contribution in [3.8, 4) is 11.9 Å². The van der Waals surface area contributed by atoms with Crippen molar-refractivity contribution < 1.29 is 23.4 Å². The number of rotatable bonds is 9. The molecule has 0 aromatic carbocycles. The molecule has 1 saturated carbocycles. The maximum Gasteiger partial charge on any atom is 0.297 e. The van der Waals surface area contributed by atoms with Crippen LogP contribution in [0.1, 0.15) is 46.5 Å². The van der Waals surface area contributed by atoms with Gasteiger partial charge in [0.1, 0.15) is 29.4 Å². The van der Waals surface area contributed by atoms with Crippen LogP contribution in [0.2, 0.25) is 5.02 Å². The SMILES string of the molecule is CC(=O)N[C@@H](C)CO[C@H]1CC[C@H](Oc2nc3cnc(OC[C@@H](C)F)c(Cl)c3n2C)CC1. The van der Waals surface area contributed by atoms with Gasteiger partial charge in [0.05, 0.1) is 24.4 Å². The molecule has 1 aliphatic rings. The van der Waals surface area contributed by atoms with E-state index in [2.05, 4.69) is 15.3 Å². The predicted octanol–water partition coefficient (Wildman–Crippen LogP) is 3.59. The molecule has 1 fully saturated rings. The van der Waals surface area contributed by atoms with Crippen LogP contribution in [0.15, 0.2) is 6.20 Å². The van der Waals surface area contributed by atoms with Crippen molar-refractivity contribution in [2.24, 2.45) is 7.05 Å². The number of hydrogen-bond donors (Lipinski definition) is 1. The fourth-order valence-electron chi connectivity index (χ4n) is 3.66. The Bertz CT molecular complexity index is 899. The molecule has 0 bridgehead atoms. The van der Waals surface area contributed by atoms with Gasteiger partial charge >= 0.3 is 0 Å². The summed E-state index contributed by atoms with van der Waals surface area (Å²) in [6, 6.07) is 0.449. The van der Waals surface area contributed by atoms with E-state index in [1.807, 2.05) is 14.0 Å². The number of pyridine rings is 1. The molecule has 10 heteroatoms. The van der Waals surface area contributed by atoms with Crippen LogP contribution in [0.3, 0.4) is 0 Å². The van der Waals surface area contributed by atoms with Crippen LogP contribution in [-0.4, -0.2) is 58.1 Å². The number of nitrogens with zero attached hydrogens (tertiary/aromatic N) is 3. The Balaban J connectivity index is 1.57. The minimum absolute atomic E-state index is 0.00758. The van der Waals surface area contributed by atoms with E-state index in [0.717, 1.165) is 25.7 Å². The first kappa shape index (κ1) is 23.5. The minimum atomic E-state index is -1.12. The third kappa shape index (κ3) is 6.20. The maximum absolute atomic E-state index is 13.1. The lowest BCUT2D eigenvalue weighted by atomic mass is 9.95. The summed E-state index contributed by atoms with van der Waals surface area (Å²) in [5, 5.41) is 3.11. The van der Waals surface area contributed by atoms with Crippen LogP contribution in [0, 0.1) is 0 Å². The molecule has 2 aromatic rings. The molecule has 0 saturated heterocycles. The highest BCUT2D eigenvalue weighted by molar-refractivity contribution is 6.36. The van der Waals surface area contributed by atoms with Crippen molar-refractivity contribution in [1.29, 1.82) is 0 Å². The van der Waals surface area contributed by atoms with Crippen molar-refractivity contribution in [1.82, 2.24) is 19.9 Å². The van der Waals surface area contributed by atoms with Crippen LogP contribution < -0.4 is 14.8 Å². The van der Waals surface area contributed by atoms with Crippen LogP contribution in [-0.2, 0) is 16.6 Å². The molecule has 8 nitrogen and oxygen atoms in total. The van der Waals surface area contributed by atoms with Gasteiger partial charge in [-0.3, -0.25) is 9.36 Å². The Morgan fingerprint density at radius 2 is 1.97 bits per heavy atom. The van der Waals surface area contributed by atoms with Crippen molar-refractivity contribution in [3.05, 3.63) is 11.2 Å². The average molecular weight is 457 g/mol. The van der Waals surface area contributed by atoms with Gasteiger partial charge in [-0.25, -0.2) is 9.37 Å². The van der Waals surface area contributed by atoms with Crippen molar-refractivity contribution in [3.63, 3.8) is 0 Å². The molecule has 1 N–H and O–H groups in total. The van der Waals surface area contributed by atoms with Gasteiger partial charge in [-0.2, -0.15) is 4.98 Å². The van der Waals surface area contributed by atoms with E-state index < -0.39 is 6.17 Å². The number of aromatic nitrogens is 3. The zero-order valence-electron chi connectivity index (χ0n) is 18.4. The number of alkyl halides is 1. The molecule has 2 atom stereocenters. The zero-order chi connectivity index (χ0) is 22.5. The summed E-state index contributed by atoms with van der Waals surface area (Å²) >= 11 is 6.43. The Kier molecular flexibility index (Phi) is 7.94. The summed E-state index contributed by atoms with van der Waals surface area (Å²) in [6.07, 6.45) is 4.06. The van der Waals surface area contributed by atoms with E-state index in [4.69, 9.17) is 25.8 Å². The monoisotopic (exact) mass is 456 g/mol. The number of amides is 1. The topological polar surface area (TPSA) is 87.5 Å². The number of imidazole rings is 1. The fourth-order valence-corrected chi connectivity index (χ4v) is 3.99. The first-order valence-electron chi connectivity index (χ1n) is 10.6. The van der Waals surface area contributed by atoms with Gasteiger partial charge in [0.2, 0.25) is 11.8 Å². The van der Waals surface area contributed by atoms with E-state index in [0.29, 0.717) is 23.7 Å². The fraction of sp³-hybridized carbons (Fsp3) is 0.667. The highest BCUT2D eigenvalue weighted by Crippen LogP contribution is 2.34. The molecule has 0 unspecified atom stereocenters. The first-order chi connectivity index (χ1) is 14.7. The second-order valence-corrected chi connectivity index (χ2v) is 8.49. The molecule has 2 heterocycles. The second-order valence-electron chi connectivity index (χ2n) is 8.11. The molecule has 172 valence electrons. The van der Waals surface area contributed by atoms with E-state index in [-0.39, 0.29) is 41.7 Å². The summed E-state index contributed by atoms with van der Waals surface area (Å²) in [5.41, 5.74) is 1.23. The molecular weight excluding hydrogens is 427 g/mol. The molecule has 2 aromatic heterocycles. The third-order valence-electron chi connectivity index (χ3n) is 5.16. The highest BCUT2D eigenvalue weighted by Gasteiger charge is 2.26. The summed E-state index contributed by atoms with van der Waals surface area (Å²) in [5.74, 6) is 0.126. The van der Waals surface area contributed by atoms with Crippen molar-refractivity contribution in [2.45, 2.75) is 70.9 Å². The molecular formula is C21H30ClFN4O4. The molecule has 0 radical (unpaired) electrons. The Morgan fingerprint density at radius 1 is 1.29 bits per heavy atom. The average Bonchev–Trinajstić information content (AvgIpc) is 3.02. The van der Waals surface area contributed by atoms with Gasteiger partial charge in [0, 0.05) is 20.0 Å². The van der Waals surface area contributed by atoms with Crippen molar-refractivity contribution >= 4 is 28.5 Å². The lowest BCUT2D eigenvalue weighted by Gasteiger charge is -2.29. The van der Waals surface area contributed by atoms with Gasteiger partial charge in [-0.05, 0) is 39.5 Å². The molecule has 31 heavy (non-hydrogen) atoms. The third-order valence-corrected chi connectivity index (χ3v) is 5.50. The Morgan fingerprint density at radius 3 is 2.61 bits per heavy atom. The van der Waals surface area contributed by atoms with E-state index in [9.17, 15) is 9.18 Å². The molecule has 1 aliphatic carbocycles. The Labute approximate surface area is 186 Å². The second kappa shape index (κ2) is 10.5. The van der Waals surface area contributed by atoms with E-state index >= 15 is 0 Å². The van der Waals surface area contributed by atoms with Gasteiger partial charge < -0.3 is 19.5 Å². The quantitative estimate of drug-likeness (QED) is 0.620. The minimum Gasteiger partial charge on any atom is -0.473 e. The number of carbonyl (C=O) groups is 1. The number of hydrogen-bond acceptors (Lipinski definition) is 6. The van der Waals surface area contributed by atoms with Crippen LogP contribution in [0.4, 0.5) is 4.39 Å². The van der Waals surface area contributed by atoms with Crippen LogP contribution in [0.5, 0.6) is 11.9 Å². The number of nitrogens with one attached hydrogen (secondary N) is 1. The summed E-state index contributed by atoms with van der Waals surface area (Å²) in [4.78, 5) is 19.7. The number of halogens is 2. The smallest absolute Gasteiger partial charge is 0.297 e. The number of aryl methyl sites for hydroxylation is 1. The van der Waals surface area contributed by atoms with Gasteiger partial charge in [-0.15, -0.1) is 0 Å². The largest absolute Gasteiger partial charge is 0.473 e. The molecule has 1 amide bonds. The molecule has 0 aliphatic heterocycles. The van der Waals surface area contributed by atoms with Gasteiger partial charge in [-0.1, -0.05) is 11.6 Å². The van der Waals surface area contributed by atoms with E-state index in [1.165, 1.54) is 13.8 Å². The predicted molar refractivity (Wildman–Crippen MR) is 115 cm³/mol. The van der Waals surface area contributed by atoms with Gasteiger partial charge in [0.15, 0.2) is 0 Å².